The minimum absolute atomic E-state index is 0.0865. The Bertz CT molecular complexity index is 220. The van der Waals surface area contributed by atoms with Crippen LogP contribution in [0.3, 0.4) is 0 Å². The summed E-state index contributed by atoms with van der Waals surface area (Å²) in [6.07, 6.45) is 1.42. The van der Waals surface area contributed by atoms with Gasteiger partial charge in [-0.2, -0.15) is 0 Å². The van der Waals surface area contributed by atoms with E-state index in [1.54, 1.807) is 6.92 Å². The van der Waals surface area contributed by atoms with Gasteiger partial charge in [-0.3, -0.25) is 4.79 Å². The molecule has 2 atom stereocenters. The lowest BCUT2D eigenvalue weighted by atomic mass is 9.94. The van der Waals surface area contributed by atoms with Gasteiger partial charge in [-0.1, -0.05) is 6.92 Å². The monoisotopic (exact) mass is 184 g/mol. The number of ketones is 1. The molecule has 3 nitrogen and oxygen atoms in total. The minimum atomic E-state index is -0.115. The first-order chi connectivity index (χ1) is 6.16. The van der Waals surface area contributed by atoms with Gasteiger partial charge in [0.05, 0.1) is 18.8 Å². The van der Waals surface area contributed by atoms with E-state index >= 15 is 0 Å². The second kappa shape index (κ2) is 4.42. The molecule has 0 radical (unpaired) electrons. The highest BCUT2D eigenvalue weighted by molar-refractivity contribution is 5.97. The van der Waals surface area contributed by atoms with Crippen molar-refractivity contribution in [2.45, 2.75) is 26.9 Å². The van der Waals surface area contributed by atoms with Crippen molar-refractivity contribution >= 4 is 5.78 Å². The van der Waals surface area contributed by atoms with Crippen LogP contribution in [-0.2, 0) is 14.3 Å². The van der Waals surface area contributed by atoms with Crippen LogP contribution in [0.15, 0.2) is 11.8 Å². The van der Waals surface area contributed by atoms with Crippen LogP contribution in [0.5, 0.6) is 0 Å². The Labute approximate surface area is 78.7 Å². The largest absolute Gasteiger partial charge is 0.494 e. The Balaban J connectivity index is 2.55. The maximum Gasteiger partial charge on any atom is 0.168 e. The second-order valence-electron chi connectivity index (χ2n) is 3.29. The number of Topliss-reactive ketones (excluding diaryl/α,β-unsaturated/α-hetero) is 1. The first kappa shape index (κ1) is 10.3. The van der Waals surface area contributed by atoms with E-state index in [9.17, 15) is 4.79 Å². The smallest absolute Gasteiger partial charge is 0.168 e. The summed E-state index contributed by atoms with van der Waals surface area (Å²) in [5.41, 5.74) is 0.695. The number of allylic oxidation sites excluding steroid dienone is 1. The van der Waals surface area contributed by atoms with Crippen molar-refractivity contribution in [2.75, 3.05) is 13.2 Å². The fourth-order valence-corrected chi connectivity index (χ4v) is 1.31. The zero-order chi connectivity index (χ0) is 9.84. The van der Waals surface area contributed by atoms with E-state index in [1.807, 2.05) is 13.8 Å². The molecule has 0 saturated heterocycles. The topological polar surface area (TPSA) is 35.5 Å². The van der Waals surface area contributed by atoms with Crippen molar-refractivity contribution in [3.05, 3.63) is 11.8 Å². The summed E-state index contributed by atoms with van der Waals surface area (Å²) in [6, 6.07) is 0. The van der Waals surface area contributed by atoms with Gasteiger partial charge in [0.15, 0.2) is 5.78 Å². The molecule has 1 rings (SSSR count). The average molecular weight is 184 g/mol. The highest BCUT2D eigenvalue weighted by Crippen LogP contribution is 2.20. The van der Waals surface area contributed by atoms with E-state index in [0.717, 1.165) is 0 Å². The molecule has 0 amide bonds. The fourth-order valence-electron chi connectivity index (χ4n) is 1.31. The minimum Gasteiger partial charge on any atom is -0.494 e. The molecule has 0 N–H and O–H groups in total. The molecule has 0 bridgehead atoms. The highest BCUT2D eigenvalue weighted by Gasteiger charge is 2.29. The Morgan fingerprint density at radius 3 is 2.92 bits per heavy atom. The summed E-state index contributed by atoms with van der Waals surface area (Å²) in [6.45, 7) is 6.73. The predicted molar refractivity (Wildman–Crippen MR) is 49.3 cm³/mol. The van der Waals surface area contributed by atoms with E-state index < -0.39 is 0 Å². The van der Waals surface area contributed by atoms with Gasteiger partial charge in [-0.25, -0.2) is 0 Å². The van der Waals surface area contributed by atoms with Crippen molar-refractivity contribution in [1.29, 1.82) is 0 Å². The number of hydrogen-bond donors (Lipinski definition) is 0. The lowest BCUT2D eigenvalue weighted by molar-refractivity contribution is -0.126. The quantitative estimate of drug-likeness (QED) is 0.667. The molecule has 1 aliphatic heterocycles. The number of hydrogen-bond acceptors (Lipinski definition) is 3. The molecule has 0 aromatic rings. The summed E-state index contributed by atoms with van der Waals surface area (Å²) < 4.78 is 10.6. The van der Waals surface area contributed by atoms with Gasteiger partial charge in [-0.15, -0.1) is 0 Å². The van der Waals surface area contributed by atoms with Crippen LogP contribution < -0.4 is 0 Å². The molecular weight excluding hydrogens is 168 g/mol. The first-order valence-electron chi connectivity index (χ1n) is 4.61. The van der Waals surface area contributed by atoms with E-state index in [-0.39, 0.29) is 17.8 Å². The molecule has 1 heterocycles. The van der Waals surface area contributed by atoms with Crippen LogP contribution in [0.4, 0.5) is 0 Å². The Morgan fingerprint density at radius 1 is 1.62 bits per heavy atom. The molecule has 0 fully saturated rings. The molecule has 0 aromatic heterocycles. The lowest BCUT2D eigenvalue weighted by Crippen LogP contribution is -2.35. The molecule has 74 valence electrons. The lowest BCUT2D eigenvalue weighted by Gasteiger charge is -2.26. The van der Waals surface area contributed by atoms with Crippen LogP contribution in [0.2, 0.25) is 0 Å². The molecule has 1 aliphatic rings. The number of carbonyl (C=O) groups excluding carboxylic acids is 1. The molecule has 2 unspecified atom stereocenters. The van der Waals surface area contributed by atoms with Crippen molar-refractivity contribution in [1.82, 2.24) is 0 Å². The highest BCUT2D eigenvalue weighted by atomic mass is 16.5. The molecule has 3 heteroatoms. The molecule has 0 aromatic carbocycles. The van der Waals surface area contributed by atoms with Crippen LogP contribution in [0, 0.1) is 5.92 Å². The normalized spacial score (nSPS) is 28.2. The maximum absolute atomic E-state index is 11.5. The number of ether oxygens (including phenoxy) is 2. The van der Waals surface area contributed by atoms with Crippen molar-refractivity contribution < 1.29 is 14.3 Å². The Hall–Kier alpha value is -0.830. The molecular formula is C10H16O3. The Morgan fingerprint density at radius 2 is 2.31 bits per heavy atom. The molecule has 13 heavy (non-hydrogen) atoms. The fraction of sp³-hybridized carbons (Fsp3) is 0.700. The standard InChI is InChI=1S/C10H16O3/c1-4-12-6-9-8(3)10(11)7(2)5-13-9/h5,8-9H,4,6H2,1-3H3. The van der Waals surface area contributed by atoms with E-state index in [0.29, 0.717) is 18.8 Å². The van der Waals surface area contributed by atoms with Crippen molar-refractivity contribution in [3.8, 4) is 0 Å². The number of rotatable bonds is 3. The molecule has 0 spiro atoms. The zero-order valence-corrected chi connectivity index (χ0v) is 8.37. The third-order valence-electron chi connectivity index (χ3n) is 2.27. The van der Waals surface area contributed by atoms with Gasteiger partial charge in [0.2, 0.25) is 0 Å². The summed E-state index contributed by atoms with van der Waals surface area (Å²) in [5, 5.41) is 0. The van der Waals surface area contributed by atoms with E-state index in [1.165, 1.54) is 6.26 Å². The van der Waals surface area contributed by atoms with Crippen LogP contribution >= 0.6 is 0 Å². The van der Waals surface area contributed by atoms with E-state index in [2.05, 4.69) is 0 Å². The summed E-state index contributed by atoms with van der Waals surface area (Å²) >= 11 is 0. The van der Waals surface area contributed by atoms with Gasteiger partial charge in [-0.05, 0) is 13.8 Å². The predicted octanol–water partition coefficient (Wildman–Crippen LogP) is 1.53. The van der Waals surface area contributed by atoms with Crippen LogP contribution in [0.1, 0.15) is 20.8 Å². The van der Waals surface area contributed by atoms with E-state index in [4.69, 9.17) is 9.47 Å². The molecule has 0 saturated carbocycles. The SMILES string of the molecule is CCOCC1OC=C(C)C(=O)C1C. The van der Waals surface area contributed by atoms with Crippen LogP contribution in [0.25, 0.3) is 0 Å². The van der Waals surface area contributed by atoms with Crippen molar-refractivity contribution in [3.63, 3.8) is 0 Å². The zero-order valence-electron chi connectivity index (χ0n) is 8.37. The van der Waals surface area contributed by atoms with Crippen LogP contribution in [-0.4, -0.2) is 25.1 Å². The Kier molecular flexibility index (Phi) is 3.48. The average Bonchev–Trinajstić information content (AvgIpc) is 2.13. The summed E-state index contributed by atoms with van der Waals surface area (Å²) in [7, 11) is 0. The number of carbonyl (C=O) groups is 1. The first-order valence-corrected chi connectivity index (χ1v) is 4.61. The third kappa shape index (κ3) is 2.31. The summed E-state index contributed by atoms with van der Waals surface area (Å²) in [5.74, 6) is 0.0764. The second-order valence-corrected chi connectivity index (χ2v) is 3.29. The van der Waals surface area contributed by atoms with Gasteiger partial charge in [0.25, 0.3) is 0 Å². The third-order valence-corrected chi connectivity index (χ3v) is 2.27. The van der Waals surface area contributed by atoms with Gasteiger partial charge >= 0.3 is 0 Å². The van der Waals surface area contributed by atoms with Gasteiger partial charge in [0.1, 0.15) is 6.10 Å². The maximum atomic E-state index is 11.5. The van der Waals surface area contributed by atoms with Gasteiger partial charge in [0, 0.05) is 12.2 Å². The summed E-state index contributed by atoms with van der Waals surface area (Å²) in [4.78, 5) is 11.5. The van der Waals surface area contributed by atoms with Crippen molar-refractivity contribution in [2.24, 2.45) is 5.92 Å². The van der Waals surface area contributed by atoms with Gasteiger partial charge < -0.3 is 9.47 Å². The molecule has 0 aliphatic carbocycles.